The van der Waals surface area contributed by atoms with Gasteiger partial charge in [0.2, 0.25) is 0 Å². The van der Waals surface area contributed by atoms with E-state index in [1.165, 1.54) is 4.68 Å². The molecule has 0 aliphatic carbocycles. The first-order valence-electron chi connectivity index (χ1n) is 6.12. The first kappa shape index (κ1) is 15.0. The van der Waals surface area contributed by atoms with E-state index in [0.29, 0.717) is 12.2 Å². The second-order valence-corrected chi connectivity index (χ2v) is 5.01. The van der Waals surface area contributed by atoms with E-state index in [0.717, 1.165) is 13.0 Å². The SMILES string of the molecule is CCn1ncc(NC(C)CCN(C)C)c(Cl)c1=O. The van der Waals surface area contributed by atoms with Crippen LogP contribution in [0.3, 0.4) is 0 Å². The Morgan fingerprint density at radius 2 is 2.22 bits per heavy atom. The second-order valence-electron chi connectivity index (χ2n) is 4.63. The zero-order valence-electron chi connectivity index (χ0n) is 11.4. The molecule has 1 aromatic heterocycles. The summed E-state index contributed by atoms with van der Waals surface area (Å²) >= 11 is 6.04. The van der Waals surface area contributed by atoms with Gasteiger partial charge in [0.05, 0.1) is 11.9 Å². The fourth-order valence-electron chi connectivity index (χ4n) is 1.58. The molecule has 0 aromatic carbocycles. The zero-order chi connectivity index (χ0) is 13.7. The van der Waals surface area contributed by atoms with Crippen LogP contribution in [0.1, 0.15) is 20.3 Å². The van der Waals surface area contributed by atoms with Crippen LogP contribution in [0, 0.1) is 0 Å². The van der Waals surface area contributed by atoms with Gasteiger partial charge in [-0.2, -0.15) is 5.10 Å². The number of aromatic nitrogens is 2. The monoisotopic (exact) mass is 272 g/mol. The molecule has 0 aliphatic heterocycles. The van der Waals surface area contributed by atoms with Gasteiger partial charge in [0.15, 0.2) is 0 Å². The molecule has 18 heavy (non-hydrogen) atoms. The van der Waals surface area contributed by atoms with Gasteiger partial charge in [0, 0.05) is 12.6 Å². The fourth-order valence-corrected chi connectivity index (χ4v) is 1.78. The highest BCUT2D eigenvalue weighted by Crippen LogP contribution is 2.17. The van der Waals surface area contributed by atoms with Crippen LogP contribution >= 0.6 is 11.6 Å². The van der Waals surface area contributed by atoms with E-state index >= 15 is 0 Å². The second kappa shape index (κ2) is 6.75. The molecule has 1 rings (SSSR count). The average Bonchev–Trinajstić information content (AvgIpc) is 2.33. The molecule has 1 N–H and O–H groups in total. The number of nitrogens with zero attached hydrogens (tertiary/aromatic N) is 3. The number of rotatable bonds is 6. The molecule has 0 fully saturated rings. The van der Waals surface area contributed by atoms with E-state index in [1.807, 2.05) is 21.0 Å². The van der Waals surface area contributed by atoms with Crippen molar-refractivity contribution in [2.75, 3.05) is 26.0 Å². The van der Waals surface area contributed by atoms with Gasteiger partial charge in [-0.25, -0.2) is 4.68 Å². The van der Waals surface area contributed by atoms with Crippen molar-refractivity contribution in [2.24, 2.45) is 0 Å². The van der Waals surface area contributed by atoms with Gasteiger partial charge in [-0.15, -0.1) is 0 Å². The highest BCUT2D eigenvalue weighted by atomic mass is 35.5. The minimum absolute atomic E-state index is 0.212. The highest BCUT2D eigenvalue weighted by molar-refractivity contribution is 6.32. The molecule has 0 bridgehead atoms. The van der Waals surface area contributed by atoms with Crippen LogP contribution in [0.5, 0.6) is 0 Å². The largest absolute Gasteiger partial charge is 0.380 e. The zero-order valence-corrected chi connectivity index (χ0v) is 12.2. The Kier molecular flexibility index (Phi) is 5.62. The average molecular weight is 273 g/mol. The molecule has 102 valence electrons. The molecular formula is C12H21ClN4O. The molecule has 0 radical (unpaired) electrons. The van der Waals surface area contributed by atoms with Gasteiger partial charge in [0.1, 0.15) is 5.02 Å². The lowest BCUT2D eigenvalue weighted by molar-refractivity contribution is 0.390. The number of hydrogen-bond donors (Lipinski definition) is 1. The van der Waals surface area contributed by atoms with Crippen molar-refractivity contribution >= 4 is 17.3 Å². The van der Waals surface area contributed by atoms with Crippen LogP contribution in [0.25, 0.3) is 0 Å². The summed E-state index contributed by atoms with van der Waals surface area (Å²) in [6.45, 7) is 5.42. The van der Waals surface area contributed by atoms with Crippen molar-refractivity contribution in [3.8, 4) is 0 Å². The highest BCUT2D eigenvalue weighted by Gasteiger charge is 2.10. The predicted octanol–water partition coefficient (Wildman–Crippen LogP) is 1.67. The van der Waals surface area contributed by atoms with E-state index in [-0.39, 0.29) is 16.6 Å². The summed E-state index contributed by atoms with van der Waals surface area (Å²) < 4.78 is 1.35. The molecule has 1 aromatic rings. The van der Waals surface area contributed by atoms with Gasteiger partial charge >= 0.3 is 0 Å². The summed E-state index contributed by atoms with van der Waals surface area (Å²) in [6.07, 6.45) is 2.58. The lowest BCUT2D eigenvalue weighted by Crippen LogP contribution is -2.27. The van der Waals surface area contributed by atoms with Crippen molar-refractivity contribution in [3.63, 3.8) is 0 Å². The van der Waals surface area contributed by atoms with Crippen molar-refractivity contribution in [1.82, 2.24) is 14.7 Å². The molecule has 1 unspecified atom stereocenters. The van der Waals surface area contributed by atoms with E-state index in [9.17, 15) is 4.79 Å². The first-order chi connectivity index (χ1) is 8.45. The van der Waals surface area contributed by atoms with Crippen LogP contribution in [0.2, 0.25) is 5.02 Å². The van der Waals surface area contributed by atoms with Gasteiger partial charge in [-0.3, -0.25) is 4.79 Å². The maximum absolute atomic E-state index is 11.8. The lowest BCUT2D eigenvalue weighted by atomic mass is 10.2. The summed E-state index contributed by atoms with van der Waals surface area (Å²) in [5.41, 5.74) is 0.363. The molecule has 6 heteroatoms. The molecule has 0 amide bonds. The van der Waals surface area contributed by atoms with Gasteiger partial charge in [0.25, 0.3) is 5.56 Å². The normalized spacial score (nSPS) is 12.8. The third-order valence-corrected chi connectivity index (χ3v) is 3.06. The minimum atomic E-state index is -0.246. The third-order valence-electron chi connectivity index (χ3n) is 2.70. The number of anilines is 1. The van der Waals surface area contributed by atoms with E-state index in [1.54, 1.807) is 6.20 Å². The van der Waals surface area contributed by atoms with E-state index in [4.69, 9.17) is 11.6 Å². The maximum Gasteiger partial charge on any atom is 0.287 e. The molecular weight excluding hydrogens is 252 g/mol. The van der Waals surface area contributed by atoms with E-state index in [2.05, 4.69) is 22.2 Å². The van der Waals surface area contributed by atoms with Crippen LogP contribution in [-0.4, -0.2) is 41.4 Å². The summed E-state index contributed by atoms with van der Waals surface area (Å²) in [5.74, 6) is 0. The van der Waals surface area contributed by atoms with Crippen LogP contribution in [-0.2, 0) is 6.54 Å². The Hall–Kier alpha value is -1.07. The van der Waals surface area contributed by atoms with Gasteiger partial charge < -0.3 is 10.2 Å². The topological polar surface area (TPSA) is 50.2 Å². The Bertz CT molecular complexity index is 444. The number of aryl methyl sites for hydroxylation is 1. The number of halogens is 1. The smallest absolute Gasteiger partial charge is 0.287 e. The maximum atomic E-state index is 11.8. The summed E-state index contributed by atoms with van der Waals surface area (Å²) in [7, 11) is 4.06. The first-order valence-corrected chi connectivity index (χ1v) is 6.50. The van der Waals surface area contributed by atoms with Crippen molar-refractivity contribution in [2.45, 2.75) is 32.9 Å². The van der Waals surface area contributed by atoms with Gasteiger partial charge in [-0.05, 0) is 40.9 Å². The molecule has 5 nitrogen and oxygen atoms in total. The van der Waals surface area contributed by atoms with Crippen LogP contribution < -0.4 is 10.9 Å². The Morgan fingerprint density at radius 1 is 1.56 bits per heavy atom. The summed E-state index contributed by atoms with van der Waals surface area (Å²) in [5, 5.41) is 7.49. The molecule has 1 heterocycles. The molecule has 0 aliphatic rings. The Labute approximate surface area is 113 Å². The summed E-state index contributed by atoms with van der Waals surface area (Å²) in [4.78, 5) is 13.9. The fraction of sp³-hybridized carbons (Fsp3) is 0.667. The predicted molar refractivity (Wildman–Crippen MR) is 75.4 cm³/mol. The number of nitrogens with one attached hydrogen (secondary N) is 1. The molecule has 0 saturated carbocycles. The van der Waals surface area contributed by atoms with Crippen LogP contribution in [0.15, 0.2) is 11.0 Å². The number of hydrogen-bond acceptors (Lipinski definition) is 4. The van der Waals surface area contributed by atoms with Crippen molar-refractivity contribution < 1.29 is 0 Å². The Morgan fingerprint density at radius 3 is 2.78 bits per heavy atom. The standard InChI is InChI=1S/C12H21ClN4O/c1-5-17-12(18)11(13)10(8-14-17)15-9(2)6-7-16(3)4/h8-9,15H,5-7H2,1-4H3. The summed E-state index contributed by atoms with van der Waals surface area (Å²) in [6, 6.07) is 0.239. The van der Waals surface area contributed by atoms with Gasteiger partial charge in [-0.1, -0.05) is 11.6 Å². The van der Waals surface area contributed by atoms with Crippen molar-refractivity contribution in [1.29, 1.82) is 0 Å². The molecule has 1 atom stereocenters. The van der Waals surface area contributed by atoms with E-state index < -0.39 is 0 Å². The lowest BCUT2D eigenvalue weighted by Gasteiger charge is -2.18. The quantitative estimate of drug-likeness (QED) is 0.856. The van der Waals surface area contributed by atoms with Crippen molar-refractivity contribution in [3.05, 3.63) is 21.6 Å². The minimum Gasteiger partial charge on any atom is -0.380 e. The molecule has 0 saturated heterocycles. The van der Waals surface area contributed by atoms with Crippen LogP contribution in [0.4, 0.5) is 5.69 Å². The third kappa shape index (κ3) is 3.99. The molecule has 0 spiro atoms. The Balaban J connectivity index is 2.73.